The lowest BCUT2D eigenvalue weighted by Crippen LogP contribution is -2.24. The van der Waals surface area contributed by atoms with Gasteiger partial charge < -0.3 is 14.6 Å². The second-order valence-corrected chi connectivity index (χ2v) is 7.66. The zero-order valence-corrected chi connectivity index (χ0v) is 16.1. The van der Waals surface area contributed by atoms with Crippen LogP contribution < -0.4 is 10.1 Å². The van der Waals surface area contributed by atoms with Crippen molar-refractivity contribution < 1.29 is 4.74 Å². The third-order valence-corrected chi connectivity index (χ3v) is 5.36. The van der Waals surface area contributed by atoms with Gasteiger partial charge in [-0.2, -0.15) is 0 Å². The van der Waals surface area contributed by atoms with Crippen molar-refractivity contribution in [1.82, 2.24) is 20.1 Å². The molecule has 7 heteroatoms. The van der Waals surface area contributed by atoms with Crippen molar-refractivity contribution >= 4 is 29.3 Å². The maximum absolute atomic E-state index is 6.18. The van der Waals surface area contributed by atoms with Gasteiger partial charge in [0.1, 0.15) is 24.0 Å². The predicted octanol–water partition coefficient (Wildman–Crippen LogP) is 3.92. The molecular formula is C19H22Cl2N4O. The van der Waals surface area contributed by atoms with E-state index in [1.807, 2.05) is 6.07 Å². The first-order valence-electron chi connectivity index (χ1n) is 9.13. The Balaban J connectivity index is 1.33. The number of fused-ring (bicyclic) bond motifs is 2. The second kappa shape index (κ2) is 7.99. The van der Waals surface area contributed by atoms with Gasteiger partial charge in [0.05, 0.1) is 5.02 Å². The zero-order chi connectivity index (χ0) is 17.9. The highest BCUT2D eigenvalue weighted by molar-refractivity contribution is 6.36. The number of aromatic nitrogens is 3. The Labute approximate surface area is 163 Å². The number of benzene rings is 1. The van der Waals surface area contributed by atoms with E-state index in [1.54, 1.807) is 6.07 Å². The molecule has 0 bridgehead atoms. The monoisotopic (exact) mass is 392 g/mol. The standard InChI is InChI=1S/C19H22Cl2N4O/c20-15-9-14-8-13(12-26-19(14)16(21)10-15)11-22-6-5-18-24-23-17-4-2-1-3-7-25(17)18/h8-10,22H,1-7,11-12H2. The highest BCUT2D eigenvalue weighted by atomic mass is 35.5. The molecule has 0 radical (unpaired) electrons. The number of hydrogen-bond donors (Lipinski definition) is 1. The highest BCUT2D eigenvalue weighted by Crippen LogP contribution is 2.36. The van der Waals surface area contributed by atoms with Crippen molar-refractivity contribution in [1.29, 1.82) is 0 Å². The maximum Gasteiger partial charge on any atom is 0.145 e. The zero-order valence-electron chi connectivity index (χ0n) is 14.6. The van der Waals surface area contributed by atoms with E-state index >= 15 is 0 Å². The molecule has 1 aromatic carbocycles. The van der Waals surface area contributed by atoms with Crippen LogP contribution >= 0.6 is 23.2 Å². The molecule has 0 aliphatic carbocycles. The van der Waals surface area contributed by atoms with Crippen LogP contribution in [0.5, 0.6) is 5.75 Å². The van der Waals surface area contributed by atoms with Crippen LogP contribution in [-0.4, -0.2) is 34.5 Å². The summed E-state index contributed by atoms with van der Waals surface area (Å²) in [6.45, 7) is 3.22. The van der Waals surface area contributed by atoms with Gasteiger partial charge in [-0.3, -0.25) is 0 Å². The lowest BCUT2D eigenvalue weighted by Gasteiger charge is -2.19. The normalized spacial score (nSPS) is 16.3. The third kappa shape index (κ3) is 3.90. The molecule has 2 aliphatic rings. The van der Waals surface area contributed by atoms with Crippen LogP contribution in [0.1, 0.15) is 36.5 Å². The molecule has 2 aromatic rings. The first kappa shape index (κ1) is 17.8. The van der Waals surface area contributed by atoms with Crippen LogP contribution in [-0.2, 0) is 19.4 Å². The first-order valence-corrected chi connectivity index (χ1v) is 9.89. The van der Waals surface area contributed by atoms with Gasteiger partial charge in [0.25, 0.3) is 0 Å². The van der Waals surface area contributed by atoms with Gasteiger partial charge in [-0.15, -0.1) is 10.2 Å². The van der Waals surface area contributed by atoms with Crippen molar-refractivity contribution in [2.75, 3.05) is 19.7 Å². The fraction of sp³-hybridized carbons (Fsp3) is 0.474. The summed E-state index contributed by atoms with van der Waals surface area (Å²) >= 11 is 12.3. The SMILES string of the molecule is Clc1cc(Cl)c2c(c1)C=C(CNCCc1nnc3n1CCCCC3)CO2. The molecular weight excluding hydrogens is 371 g/mol. The summed E-state index contributed by atoms with van der Waals surface area (Å²) in [5.41, 5.74) is 2.12. The van der Waals surface area contributed by atoms with E-state index in [1.165, 1.54) is 24.8 Å². The predicted molar refractivity (Wildman–Crippen MR) is 104 cm³/mol. The van der Waals surface area contributed by atoms with Gasteiger partial charge >= 0.3 is 0 Å². The molecule has 0 saturated carbocycles. The van der Waals surface area contributed by atoms with Gasteiger partial charge in [0, 0.05) is 43.1 Å². The van der Waals surface area contributed by atoms with Gasteiger partial charge in [-0.1, -0.05) is 29.6 Å². The van der Waals surface area contributed by atoms with Crippen molar-refractivity contribution in [3.8, 4) is 5.75 Å². The van der Waals surface area contributed by atoms with Crippen molar-refractivity contribution in [3.05, 3.63) is 45.0 Å². The summed E-state index contributed by atoms with van der Waals surface area (Å²) in [4.78, 5) is 0. The number of hydrogen-bond acceptors (Lipinski definition) is 4. The van der Waals surface area contributed by atoms with E-state index in [0.29, 0.717) is 22.4 Å². The van der Waals surface area contributed by atoms with Crippen molar-refractivity contribution in [2.24, 2.45) is 0 Å². The smallest absolute Gasteiger partial charge is 0.145 e. The molecule has 5 nitrogen and oxygen atoms in total. The summed E-state index contributed by atoms with van der Waals surface area (Å²) in [7, 11) is 0. The minimum Gasteiger partial charge on any atom is -0.487 e. The number of nitrogens with zero attached hydrogens (tertiary/aromatic N) is 3. The van der Waals surface area contributed by atoms with E-state index < -0.39 is 0 Å². The fourth-order valence-electron chi connectivity index (χ4n) is 3.55. The summed E-state index contributed by atoms with van der Waals surface area (Å²) in [6.07, 6.45) is 7.77. The van der Waals surface area contributed by atoms with E-state index in [4.69, 9.17) is 27.9 Å². The molecule has 0 amide bonds. The topological polar surface area (TPSA) is 52.0 Å². The Hall–Kier alpha value is -1.56. The molecule has 0 saturated heterocycles. The van der Waals surface area contributed by atoms with Crippen molar-refractivity contribution in [2.45, 2.75) is 38.6 Å². The van der Waals surface area contributed by atoms with Crippen LogP contribution in [0, 0.1) is 0 Å². The number of aryl methyl sites for hydroxylation is 1. The van der Waals surface area contributed by atoms with Gasteiger partial charge in [0.2, 0.25) is 0 Å². The molecule has 2 aliphatic heterocycles. The molecule has 26 heavy (non-hydrogen) atoms. The quantitative estimate of drug-likeness (QED) is 0.783. The lowest BCUT2D eigenvalue weighted by molar-refractivity contribution is 0.343. The fourth-order valence-corrected chi connectivity index (χ4v) is 4.11. The Morgan fingerprint density at radius 1 is 1.15 bits per heavy atom. The highest BCUT2D eigenvalue weighted by Gasteiger charge is 2.16. The second-order valence-electron chi connectivity index (χ2n) is 6.82. The van der Waals surface area contributed by atoms with Crippen LogP contribution in [0.4, 0.5) is 0 Å². The van der Waals surface area contributed by atoms with Gasteiger partial charge in [-0.05, 0) is 36.6 Å². The van der Waals surface area contributed by atoms with Gasteiger partial charge in [-0.25, -0.2) is 0 Å². The molecule has 3 heterocycles. The molecule has 138 valence electrons. The lowest BCUT2D eigenvalue weighted by atomic mass is 10.1. The van der Waals surface area contributed by atoms with Crippen LogP contribution in [0.25, 0.3) is 6.08 Å². The Bertz CT molecular complexity index is 831. The summed E-state index contributed by atoms with van der Waals surface area (Å²) in [5, 5.41) is 13.4. The minimum atomic E-state index is 0.543. The van der Waals surface area contributed by atoms with Crippen LogP contribution in [0.3, 0.4) is 0 Å². The molecule has 0 spiro atoms. The largest absolute Gasteiger partial charge is 0.487 e. The molecule has 1 N–H and O–H groups in total. The Morgan fingerprint density at radius 3 is 3.00 bits per heavy atom. The molecule has 0 unspecified atom stereocenters. The number of rotatable bonds is 5. The molecule has 1 aromatic heterocycles. The molecule has 4 rings (SSSR count). The van der Waals surface area contributed by atoms with E-state index in [9.17, 15) is 0 Å². The maximum atomic E-state index is 6.18. The number of ether oxygens (including phenoxy) is 1. The Kier molecular flexibility index (Phi) is 5.48. The number of halogens is 2. The average Bonchev–Trinajstić information content (AvgIpc) is 2.85. The van der Waals surface area contributed by atoms with E-state index in [-0.39, 0.29) is 0 Å². The number of nitrogens with one attached hydrogen (secondary N) is 1. The van der Waals surface area contributed by atoms with Crippen LogP contribution in [0.15, 0.2) is 17.7 Å². The van der Waals surface area contributed by atoms with E-state index in [2.05, 4.69) is 26.2 Å². The Morgan fingerprint density at radius 2 is 2.08 bits per heavy atom. The first-order chi connectivity index (χ1) is 12.7. The molecule has 0 fully saturated rings. The third-order valence-electron chi connectivity index (χ3n) is 4.86. The summed E-state index contributed by atoms with van der Waals surface area (Å²) in [6, 6.07) is 3.59. The van der Waals surface area contributed by atoms with E-state index in [0.717, 1.165) is 49.7 Å². The summed E-state index contributed by atoms with van der Waals surface area (Å²) in [5.74, 6) is 2.95. The van der Waals surface area contributed by atoms with Crippen LogP contribution in [0.2, 0.25) is 10.0 Å². The van der Waals surface area contributed by atoms with Crippen molar-refractivity contribution in [3.63, 3.8) is 0 Å². The molecule has 0 atom stereocenters. The average molecular weight is 393 g/mol. The van der Waals surface area contributed by atoms with Gasteiger partial charge in [0.15, 0.2) is 0 Å². The summed E-state index contributed by atoms with van der Waals surface area (Å²) < 4.78 is 8.09. The minimum absolute atomic E-state index is 0.543.